The molecule has 0 bridgehead atoms. The van der Waals surface area contributed by atoms with Crippen molar-refractivity contribution in [2.45, 2.75) is 65.7 Å². The number of carboxylic acids is 1. The average Bonchev–Trinajstić information content (AvgIpc) is 2.22. The van der Waals surface area contributed by atoms with Crippen LogP contribution in [0.4, 0.5) is 0 Å². The molecule has 0 rings (SSSR count). The molecule has 1 unspecified atom stereocenters. The van der Waals surface area contributed by atoms with Crippen molar-refractivity contribution in [3.63, 3.8) is 0 Å². The van der Waals surface area contributed by atoms with Crippen LogP contribution in [0.15, 0.2) is 0 Å². The average molecular weight is 228 g/mol. The van der Waals surface area contributed by atoms with Gasteiger partial charge >= 0.3 is 5.97 Å². The van der Waals surface area contributed by atoms with Gasteiger partial charge < -0.3 is 5.11 Å². The predicted octanol–water partition coefficient (Wildman–Crippen LogP) is 3.42. The highest BCUT2D eigenvalue weighted by Crippen LogP contribution is 2.26. The lowest BCUT2D eigenvalue weighted by Gasteiger charge is -2.21. The molecule has 3 heteroatoms. The first-order chi connectivity index (χ1) is 7.45. The van der Waals surface area contributed by atoms with Crippen LogP contribution in [-0.4, -0.2) is 16.9 Å². The number of hydrogen-bond acceptors (Lipinski definition) is 2. The van der Waals surface area contributed by atoms with Crippen LogP contribution in [-0.2, 0) is 9.59 Å². The molecular formula is C13H24O3. The molecule has 0 aromatic carbocycles. The second-order valence-corrected chi connectivity index (χ2v) is 4.71. The number of carbonyl (C=O) groups is 2. The maximum Gasteiger partial charge on any atom is 0.316 e. The number of aliphatic carboxylic acids is 1. The number of carbonyl (C=O) groups excluding carboxylic acids is 1. The fourth-order valence-corrected chi connectivity index (χ4v) is 1.69. The molecule has 0 heterocycles. The molecule has 0 spiro atoms. The largest absolute Gasteiger partial charge is 0.481 e. The number of rotatable bonds is 9. The van der Waals surface area contributed by atoms with Crippen LogP contribution in [0.2, 0.25) is 0 Å². The van der Waals surface area contributed by atoms with Crippen LogP contribution in [0, 0.1) is 5.41 Å². The molecule has 94 valence electrons. The summed E-state index contributed by atoms with van der Waals surface area (Å²) in [5.74, 6) is -1.23. The van der Waals surface area contributed by atoms with Gasteiger partial charge in [-0.15, -0.1) is 0 Å². The molecule has 0 aromatic heterocycles. The first-order valence-corrected chi connectivity index (χ1v) is 6.19. The van der Waals surface area contributed by atoms with Crippen LogP contribution in [0.5, 0.6) is 0 Å². The van der Waals surface area contributed by atoms with E-state index >= 15 is 0 Å². The summed E-state index contributed by atoms with van der Waals surface area (Å²) in [7, 11) is 0. The van der Waals surface area contributed by atoms with Gasteiger partial charge in [-0.1, -0.05) is 45.4 Å². The molecular weight excluding hydrogens is 204 g/mol. The number of ketones is 1. The zero-order chi connectivity index (χ0) is 12.6. The summed E-state index contributed by atoms with van der Waals surface area (Å²) >= 11 is 0. The predicted molar refractivity (Wildman–Crippen MR) is 64.4 cm³/mol. The van der Waals surface area contributed by atoms with Gasteiger partial charge in [-0.3, -0.25) is 9.59 Å². The lowest BCUT2D eigenvalue weighted by Crippen LogP contribution is -2.34. The third kappa shape index (κ3) is 4.77. The molecule has 0 fully saturated rings. The highest BCUT2D eigenvalue weighted by atomic mass is 16.4. The zero-order valence-electron chi connectivity index (χ0n) is 10.7. The third-order valence-corrected chi connectivity index (χ3v) is 3.28. The Kier molecular flexibility index (Phi) is 7.02. The van der Waals surface area contributed by atoms with Crippen molar-refractivity contribution in [3.05, 3.63) is 0 Å². The Morgan fingerprint density at radius 1 is 1.06 bits per heavy atom. The van der Waals surface area contributed by atoms with Crippen molar-refractivity contribution < 1.29 is 14.7 Å². The first kappa shape index (κ1) is 15.1. The Morgan fingerprint density at radius 2 is 1.56 bits per heavy atom. The van der Waals surface area contributed by atoms with Gasteiger partial charge in [-0.05, 0) is 20.3 Å². The van der Waals surface area contributed by atoms with E-state index in [1.165, 1.54) is 33.1 Å². The monoisotopic (exact) mass is 228 g/mol. The topological polar surface area (TPSA) is 54.4 Å². The number of unbranched alkanes of at least 4 members (excludes halogenated alkanes) is 5. The first-order valence-electron chi connectivity index (χ1n) is 6.19. The van der Waals surface area contributed by atoms with E-state index in [-0.39, 0.29) is 5.78 Å². The molecule has 0 aliphatic rings. The molecule has 1 atom stereocenters. The van der Waals surface area contributed by atoms with Gasteiger partial charge in [0.2, 0.25) is 0 Å². The van der Waals surface area contributed by atoms with Crippen LogP contribution < -0.4 is 0 Å². The lowest BCUT2D eigenvalue weighted by atomic mass is 9.81. The van der Waals surface area contributed by atoms with Gasteiger partial charge in [-0.2, -0.15) is 0 Å². The quantitative estimate of drug-likeness (QED) is 0.486. The molecule has 0 radical (unpaired) electrons. The van der Waals surface area contributed by atoms with Gasteiger partial charge in [-0.25, -0.2) is 0 Å². The fraction of sp³-hybridized carbons (Fsp3) is 0.846. The van der Waals surface area contributed by atoms with E-state index in [1.807, 2.05) is 0 Å². The smallest absolute Gasteiger partial charge is 0.316 e. The molecule has 0 amide bonds. The molecule has 0 saturated carbocycles. The summed E-state index contributed by atoms with van der Waals surface area (Å²) in [6, 6.07) is 0. The van der Waals surface area contributed by atoms with Gasteiger partial charge in [0.15, 0.2) is 0 Å². The highest BCUT2D eigenvalue weighted by molar-refractivity contribution is 6.01. The molecule has 1 N–H and O–H groups in total. The minimum atomic E-state index is -1.18. The number of hydrogen-bond donors (Lipinski definition) is 1. The van der Waals surface area contributed by atoms with Gasteiger partial charge in [0.1, 0.15) is 11.2 Å². The second-order valence-electron chi connectivity index (χ2n) is 4.71. The van der Waals surface area contributed by atoms with E-state index in [9.17, 15) is 9.59 Å². The summed E-state index contributed by atoms with van der Waals surface area (Å²) in [5, 5.41) is 9.02. The number of carboxylic acid groups (broad SMARTS) is 1. The Morgan fingerprint density at radius 3 is 2.00 bits per heavy atom. The van der Waals surface area contributed by atoms with Crippen molar-refractivity contribution in [3.8, 4) is 0 Å². The van der Waals surface area contributed by atoms with Gasteiger partial charge in [0, 0.05) is 0 Å². The maximum atomic E-state index is 11.3. The van der Waals surface area contributed by atoms with E-state index in [4.69, 9.17) is 5.11 Å². The fourth-order valence-electron chi connectivity index (χ4n) is 1.69. The second kappa shape index (κ2) is 7.42. The van der Waals surface area contributed by atoms with Crippen LogP contribution in [0.1, 0.15) is 65.7 Å². The Hall–Kier alpha value is -0.860. The molecule has 16 heavy (non-hydrogen) atoms. The van der Waals surface area contributed by atoms with E-state index in [1.54, 1.807) is 0 Å². The molecule has 0 aliphatic heterocycles. The normalized spacial score (nSPS) is 14.4. The van der Waals surface area contributed by atoms with Crippen molar-refractivity contribution in [2.24, 2.45) is 5.41 Å². The minimum absolute atomic E-state index is 0.242. The Bertz CT molecular complexity index is 219. The van der Waals surface area contributed by atoms with Crippen LogP contribution in [0.3, 0.4) is 0 Å². The highest BCUT2D eigenvalue weighted by Gasteiger charge is 2.37. The van der Waals surface area contributed by atoms with Gasteiger partial charge in [0.25, 0.3) is 0 Å². The minimum Gasteiger partial charge on any atom is -0.481 e. The SMILES string of the molecule is CCCCCCCCC(C)(C(C)=O)C(=O)O. The summed E-state index contributed by atoms with van der Waals surface area (Å²) in [6.45, 7) is 5.06. The lowest BCUT2D eigenvalue weighted by molar-refractivity contribution is -0.153. The maximum absolute atomic E-state index is 11.3. The molecule has 0 aromatic rings. The van der Waals surface area contributed by atoms with E-state index in [0.29, 0.717) is 6.42 Å². The standard InChI is InChI=1S/C13H24O3/c1-4-5-6-7-8-9-10-13(3,11(2)14)12(15)16/h4-10H2,1-3H3,(H,15,16). The summed E-state index contributed by atoms with van der Waals surface area (Å²) in [4.78, 5) is 22.3. The van der Waals surface area contributed by atoms with Crippen LogP contribution >= 0.6 is 0 Å². The number of Topliss-reactive ketones (excluding diaryl/α,β-unsaturated/α-hetero) is 1. The summed E-state index contributed by atoms with van der Waals surface area (Å²) in [5.41, 5.74) is -1.18. The summed E-state index contributed by atoms with van der Waals surface area (Å²) in [6.07, 6.45) is 7.11. The third-order valence-electron chi connectivity index (χ3n) is 3.28. The van der Waals surface area contributed by atoms with Crippen molar-refractivity contribution >= 4 is 11.8 Å². The van der Waals surface area contributed by atoms with E-state index < -0.39 is 11.4 Å². The Labute approximate surface area is 98.2 Å². The molecule has 3 nitrogen and oxygen atoms in total. The van der Waals surface area contributed by atoms with Crippen molar-refractivity contribution in [1.29, 1.82) is 0 Å². The summed E-state index contributed by atoms with van der Waals surface area (Å²) < 4.78 is 0. The molecule has 0 aliphatic carbocycles. The van der Waals surface area contributed by atoms with E-state index in [0.717, 1.165) is 19.3 Å². The zero-order valence-corrected chi connectivity index (χ0v) is 10.7. The molecule has 0 saturated heterocycles. The Balaban J connectivity index is 3.88. The van der Waals surface area contributed by atoms with Crippen molar-refractivity contribution in [2.75, 3.05) is 0 Å². The van der Waals surface area contributed by atoms with Gasteiger partial charge in [0.05, 0.1) is 0 Å². The van der Waals surface area contributed by atoms with Crippen LogP contribution in [0.25, 0.3) is 0 Å². The van der Waals surface area contributed by atoms with Crippen molar-refractivity contribution in [1.82, 2.24) is 0 Å². The van der Waals surface area contributed by atoms with E-state index in [2.05, 4.69) is 6.92 Å².